The molecule has 33 heavy (non-hydrogen) atoms. The van der Waals surface area contributed by atoms with E-state index in [2.05, 4.69) is 54.9 Å². The van der Waals surface area contributed by atoms with Gasteiger partial charge in [0.05, 0.1) is 5.69 Å². The second-order valence-electron chi connectivity index (χ2n) is 11.4. The number of para-hydroxylation sites is 1. The van der Waals surface area contributed by atoms with Crippen molar-refractivity contribution in [3.05, 3.63) is 53.6 Å². The Balaban J connectivity index is 1.24. The molecule has 3 saturated carbocycles. The van der Waals surface area contributed by atoms with E-state index in [-0.39, 0.29) is 11.3 Å². The van der Waals surface area contributed by atoms with Crippen molar-refractivity contribution in [1.29, 1.82) is 0 Å². The maximum absolute atomic E-state index is 12.3. The van der Waals surface area contributed by atoms with Crippen LogP contribution in [0.5, 0.6) is 0 Å². The topological polar surface area (TPSA) is 45.2 Å². The third-order valence-electron chi connectivity index (χ3n) is 10.0. The van der Waals surface area contributed by atoms with Gasteiger partial charge in [-0.05, 0) is 79.9 Å². The maximum atomic E-state index is 12.3. The first-order valence-corrected chi connectivity index (χ1v) is 13.5. The molecule has 4 aliphatic rings. The first-order chi connectivity index (χ1) is 15.9. The van der Waals surface area contributed by atoms with Gasteiger partial charge >= 0.3 is 0 Å². The molecule has 1 aliphatic heterocycles. The molecule has 3 fully saturated rings. The van der Waals surface area contributed by atoms with Crippen LogP contribution in [0.4, 0.5) is 10.8 Å². The highest BCUT2D eigenvalue weighted by Gasteiger charge is 2.60. The fourth-order valence-electron chi connectivity index (χ4n) is 8.37. The van der Waals surface area contributed by atoms with Crippen LogP contribution in [0.3, 0.4) is 0 Å². The highest BCUT2D eigenvalue weighted by molar-refractivity contribution is 7.13. The molecule has 1 aromatic heterocycles. The minimum atomic E-state index is 0.123. The number of thiazole rings is 1. The van der Waals surface area contributed by atoms with E-state index in [1.165, 1.54) is 37.8 Å². The average Bonchev–Trinajstić information content (AvgIpc) is 3.41. The molecule has 0 radical (unpaired) electrons. The number of fused-ring (bicyclic) bond motifs is 5. The number of aromatic nitrogens is 1. The Hall–Kier alpha value is -2.14. The third-order valence-corrected chi connectivity index (χ3v) is 10.8. The van der Waals surface area contributed by atoms with Crippen LogP contribution in [-0.4, -0.2) is 28.9 Å². The number of amides is 1. The highest BCUT2D eigenvalue weighted by Crippen LogP contribution is 2.67. The van der Waals surface area contributed by atoms with Gasteiger partial charge in [0.1, 0.15) is 0 Å². The van der Waals surface area contributed by atoms with E-state index in [4.69, 9.17) is 4.98 Å². The summed E-state index contributed by atoms with van der Waals surface area (Å²) in [6.45, 7) is 5.00. The monoisotopic (exact) mass is 461 g/mol. The molecule has 1 aromatic carbocycles. The second-order valence-corrected chi connectivity index (χ2v) is 12.2. The van der Waals surface area contributed by atoms with Crippen LogP contribution in [0.15, 0.2) is 47.9 Å². The zero-order chi connectivity index (χ0) is 22.8. The van der Waals surface area contributed by atoms with E-state index in [9.17, 15) is 4.79 Å². The van der Waals surface area contributed by atoms with Crippen LogP contribution < -0.4 is 5.32 Å². The molecule has 4 nitrogen and oxygen atoms in total. The van der Waals surface area contributed by atoms with Gasteiger partial charge in [-0.15, -0.1) is 11.3 Å². The molecular weight excluding hydrogens is 426 g/mol. The zero-order valence-electron chi connectivity index (χ0n) is 20.0. The molecule has 0 bridgehead atoms. The number of carbonyl (C=O) groups excluding carboxylic acids is 1. The quantitative estimate of drug-likeness (QED) is 0.559. The summed E-state index contributed by atoms with van der Waals surface area (Å²) in [5.74, 6) is 2.96. The van der Waals surface area contributed by atoms with Gasteiger partial charge in [0.15, 0.2) is 5.13 Å². The van der Waals surface area contributed by atoms with Crippen LogP contribution in [0, 0.1) is 28.6 Å². The van der Waals surface area contributed by atoms with Gasteiger partial charge in [-0.3, -0.25) is 4.79 Å². The number of carbonyl (C=O) groups is 1. The lowest BCUT2D eigenvalue weighted by molar-refractivity contribution is -0.138. The smallest absolute Gasteiger partial charge is 0.246 e. The van der Waals surface area contributed by atoms with E-state index in [1.54, 1.807) is 11.3 Å². The predicted octanol–water partition coefficient (Wildman–Crippen LogP) is 6.61. The van der Waals surface area contributed by atoms with E-state index < -0.39 is 0 Å². The Labute approximate surface area is 201 Å². The molecule has 3 aliphatic carbocycles. The summed E-state index contributed by atoms with van der Waals surface area (Å²) in [5.41, 5.74) is 2.86. The lowest BCUT2D eigenvalue weighted by atomic mass is 9.47. The van der Waals surface area contributed by atoms with Gasteiger partial charge in [-0.1, -0.05) is 38.1 Å². The van der Waals surface area contributed by atoms with Gasteiger partial charge in [0, 0.05) is 35.5 Å². The standard InChI is InChI=1S/C28H35N3OS/c1-27-15-13-21-19(9-12-24-28(21,2)16-14-25(32)31(24)3)20(27)10-11-22(27)23-17-33-26(30-23)29-18-7-5-4-6-8-18/h4-8,14,16-17,19-22,24H,9-13,15H2,1-3H3,(H,29,30)/t19-,20-,21-,22+,24+,27-,28+/m0/s1. The van der Waals surface area contributed by atoms with Crippen molar-refractivity contribution in [2.75, 3.05) is 12.4 Å². The molecule has 5 heteroatoms. The van der Waals surface area contributed by atoms with Crippen LogP contribution >= 0.6 is 11.3 Å². The number of hydrogen-bond donors (Lipinski definition) is 1. The number of likely N-dealkylation sites (N-methyl/N-ethyl adjacent to an activating group) is 1. The molecule has 0 spiro atoms. The number of anilines is 2. The van der Waals surface area contributed by atoms with Crippen molar-refractivity contribution in [2.24, 2.45) is 28.6 Å². The minimum Gasteiger partial charge on any atom is -0.338 e. The largest absolute Gasteiger partial charge is 0.338 e. The normalized spacial score (nSPS) is 39.7. The summed E-state index contributed by atoms with van der Waals surface area (Å²) >= 11 is 1.74. The second kappa shape index (κ2) is 7.69. The lowest BCUT2D eigenvalue weighted by Crippen LogP contribution is -2.59. The van der Waals surface area contributed by atoms with Gasteiger partial charge in [-0.25, -0.2) is 4.98 Å². The SMILES string of the molecule is CN1C(=O)C=C[C@]2(C)[C@H]3CC[C@]4(C)[C@@H](c5csc(Nc6ccccc6)n5)CC[C@H]4[C@@H]3CC[C@@H]12. The summed E-state index contributed by atoms with van der Waals surface area (Å²) in [5, 5.41) is 6.80. The van der Waals surface area contributed by atoms with Crippen molar-refractivity contribution < 1.29 is 4.79 Å². The summed E-state index contributed by atoms with van der Waals surface area (Å²) in [7, 11) is 2.01. The van der Waals surface area contributed by atoms with Crippen molar-refractivity contribution in [1.82, 2.24) is 9.88 Å². The highest BCUT2D eigenvalue weighted by atomic mass is 32.1. The molecule has 7 atom stereocenters. The van der Waals surface area contributed by atoms with E-state index in [1.807, 2.05) is 24.1 Å². The van der Waals surface area contributed by atoms with Crippen molar-refractivity contribution in [2.45, 2.75) is 64.3 Å². The fraction of sp³-hybridized carbons (Fsp3) is 0.571. The number of benzene rings is 1. The third kappa shape index (κ3) is 3.22. The average molecular weight is 462 g/mol. The van der Waals surface area contributed by atoms with Crippen molar-refractivity contribution >= 4 is 28.1 Å². The predicted molar refractivity (Wildman–Crippen MR) is 135 cm³/mol. The number of rotatable bonds is 3. The zero-order valence-corrected chi connectivity index (χ0v) is 20.8. The number of hydrogen-bond acceptors (Lipinski definition) is 4. The number of nitrogens with one attached hydrogen (secondary N) is 1. The summed E-state index contributed by atoms with van der Waals surface area (Å²) in [6, 6.07) is 10.7. The van der Waals surface area contributed by atoms with Crippen LogP contribution in [0.25, 0.3) is 0 Å². The first kappa shape index (κ1) is 21.4. The molecular formula is C28H35N3OS. The summed E-state index contributed by atoms with van der Waals surface area (Å²) in [4.78, 5) is 19.4. The Morgan fingerprint density at radius 1 is 1.06 bits per heavy atom. The van der Waals surface area contributed by atoms with Gasteiger partial charge in [0.2, 0.25) is 5.91 Å². The Morgan fingerprint density at radius 3 is 2.70 bits per heavy atom. The van der Waals surface area contributed by atoms with Gasteiger partial charge in [0.25, 0.3) is 0 Å². The molecule has 0 saturated heterocycles. The van der Waals surface area contributed by atoms with Crippen molar-refractivity contribution in [3.8, 4) is 0 Å². The Morgan fingerprint density at radius 2 is 1.88 bits per heavy atom. The molecule has 1 N–H and O–H groups in total. The molecule has 1 amide bonds. The Kier molecular flexibility index (Phi) is 4.99. The van der Waals surface area contributed by atoms with E-state index >= 15 is 0 Å². The number of nitrogens with zero attached hydrogens (tertiary/aromatic N) is 2. The van der Waals surface area contributed by atoms with Gasteiger partial charge < -0.3 is 10.2 Å². The molecule has 2 aromatic rings. The van der Waals surface area contributed by atoms with Gasteiger partial charge in [-0.2, -0.15) is 0 Å². The minimum absolute atomic E-state index is 0.123. The Bertz CT molecular complexity index is 1080. The molecule has 174 valence electrons. The van der Waals surface area contributed by atoms with E-state index in [0.29, 0.717) is 23.3 Å². The molecule has 6 rings (SSSR count). The summed E-state index contributed by atoms with van der Waals surface area (Å²) < 4.78 is 0. The molecule has 0 unspecified atom stereocenters. The van der Waals surface area contributed by atoms with E-state index in [0.717, 1.165) is 29.1 Å². The van der Waals surface area contributed by atoms with Crippen LogP contribution in [0.1, 0.15) is 64.0 Å². The first-order valence-electron chi connectivity index (χ1n) is 12.6. The maximum Gasteiger partial charge on any atom is 0.246 e. The van der Waals surface area contributed by atoms with Crippen LogP contribution in [0.2, 0.25) is 0 Å². The molecule has 2 heterocycles. The summed E-state index contributed by atoms with van der Waals surface area (Å²) in [6.07, 6.45) is 11.7. The van der Waals surface area contributed by atoms with Crippen LogP contribution in [-0.2, 0) is 4.79 Å². The fourth-order valence-corrected chi connectivity index (χ4v) is 9.16. The van der Waals surface area contributed by atoms with Crippen molar-refractivity contribution in [3.63, 3.8) is 0 Å². The lowest BCUT2D eigenvalue weighted by Gasteiger charge is -2.60.